The van der Waals surface area contributed by atoms with Crippen LogP contribution in [0, 0.1) is 0 Å². The van der Waals surface area contributed by atoms with Gasteiger partial charge in [0, 0.05) is 17.8 Å². The summed E-state index contributed by atoms with van der Waals surface area (Å²) in [5.74, 6) is -3.26. The predicted octanol–water partition coefficient (Wildman–Crippen LogP) is 5.90. The second kappa shape index (κ2) is 14.9. The zero-order valence-corrected chi connectivity index (χ0v) is 26.0. The highest BCUT2D eigenvalue weighted by molar-refractivity contribution is 5.97. The molecule has 1 aromatic heterocycles. The van der Waals surface area contributed by atoms with E-state index in [2.05, 4.69) is 36.9 Å². The van der Waals surface area contributed by atoms with Gasteiger partial charge in [0.15, 0.2) is 0 Å². The molecular formula is C34H33F3N6O5. The number of hydrogen-bond donors (Lipinski definition) is 3. The molecule has 250 valence electrons. The molecule has 0 saturated carbocycles. The molecule has 0 fully saturated rings. The fraction of sp³-hybridized carbons (Fsp3) is 0.294. The molecule has 4 aromatic rings. The number of nitrogens with one attached hydrogen (secondary N) is 2. The third-order valence-electron chi connectivity index (χ3n) is 7.79. The number of ether oxygens (including phenoxy) is 1. The molecule has 5 rings (SSSR count). The average molecular weight is 663 g/mol. The van der Waals surface area contributed by atoms with Gasteiger partial charge in [-0.1, -0.05) is 42.5 Å². The second-order valence-corrected chi connectivity index (χ2v) is 11.3. The Balaban J connectivity index is 1.41. The van der Waals surface area contributed by atoms with E-state index in [4.69, 9.17) is 5.11 Å². The van der Waals surface area contributed by atoms with Crippen molar-refractivity contribution in [2.75, 3.05) is 11.9 Å². The van der Waals surface area contributed by atoms with Crippen molar-refractivity contribution in [1.29, 1.82) is 0 Å². The van der Waals surface area contributed by atoms with Crippen LogP contribution in [0.15, 0.2) is 72.8 Å². The first-order valence-electron chi connectivity index (χ1n) is 15.3. The van der Waals surface area contributed by atoms with Crippen LogP contribution in [0.25, 0.3) is 17.0 Å². The van der Waals surface area contributed by atoms with Crippen molar-refractivity contribution in [3.8, 4) is 17.1 Å². The number of aliphatic carboxylic acids is 1. The quantitative estimate of drug-likeness (QED) is 0.170. The molecule has 1 heterocycles. The molecule has 0 aliphatic heterocycles. The molecule has 1 aliphatic rings. The maximum Gasteiger partial charge on any atom is 0.573 e. The summed E-state index contributed by atoms with van der Waals surface area (Å²) in [5, 5.41) is 25.7. The van der Waals surface area contributed by atoms with Crippen molar-refractivity contribution in [2.45, 2.75) is 50.8 Å². The number of carbonyl (C=O) groups excluding carboxylic acids is 2. The summed E-state index contributed by atoms with van der Waals surface area (Å²) in [6.45, 7) is -0.0109. The Labute approximate surface area is 273 Å². The number of aromatic nitrogens is 4. The van der Waals surface area contributed by atoms with E-state index in [1.54, 1.807) is 24.3 Å². The van der Waals surface area contributed by atoms with Crippen LogP contribution in [0.1, 0.15) is 65.1 Å². The molecule has 0 saturated heterocycles. The Morgan fingerprint density at radius 2 is 1.77 bits per heavy atom. The zero-order valence-electron chi connectivity index (χ0n) is 26.0. The van der Waals surface area contributed by atoms with Gasteiger partial charge in [-0.25, -0.2) is 0 Å². The normalized spacial score (nSPS) is 13.7. The lowest BCUT2D eigenvalue weighted by atomic mass is 9.88. The fourth-order valence-electron chi connectivity index (χ4n) is 5.42. The summed E-state index contributed by atoms with van der Waals surface area (Å²) in [6.07, 6.45) is 1.58. The van der Waals surface area contributed by atoms with Gasteiger partial charge in [0.25, 0.3) is 5.91 Å². The molecule has 0 radical (unpaired) electrons. The van der Waals surface area contributed by atoms with Gasteiger partial charge >= 0.3 is 12.3 Å². The molecule has 3 aromatic carbocycles. The second-order valence-electron chi connectivity index (χ2n) is 11.3. The summed E-state index contributed by atoms with van der Waals surface area (Å²) in [7, 11) is 1.46. The molecule has 0 bridgehead atoms. The van der Waals surface area contributed by atoms with E-state index >= 15 is 0 Å². The summed E-state index contributed by atoms with van der Waals surface area (Å²) in [4.78, 5) is 38.2. The number of hydrogen-bond acceptors (Lipinski definition) is 7. The molecule has 0 spiro atoms. The summed E-state index contributed by atoms with van der Waals surface area (Å²) < 4.78 is 43.6. The predicted molar refractivity (Wildman–Crippen MR) is 170 cm³/mol. The molecule has 3 N–H and O–H groups in total. The highest BCUT2D eigenvalue weighted by Crippen LogP contribution is 2.35. The number of tetrazole rings is 1. The van der Waals surface area contributed by atoms with Gasteiger partial charge in [-0.3, -0.25) is 14.4 Å². The molecule has 1 aliphatic carbocycles. The number of aryl methyl sites for hydroxylation is 1. The third kappa shape index (κ3) is 9.05. The average Bonchev–Trinajstić information content (AvgIpc) is 3.50. The maximum absolute atomic E-state index is 13.9. The van der Waals surface area contributed by atoms with Gasteiger partial charge < -0.3 is 20.5 Å². The number of nitrogens with zero attached hydrogens (tertiary/aromatic N) is 4. The van der Waals surface area contributed by atoms with Gasteiger partial charge in [-0.15, -0.1) is 23.4 Å². The Bertz CT molecular complexity index is 1800. The zero-order chi connectivity index (χ0) is 34.3. The summed E-state index contributed by atoms with van der Waals surface area (Å²) in [6, 6.07) is 18.1. The first-order valence-corrected chi connectivity index (χ1v) is 15.3. The number of anilines is 1. The van der Waals surface area contributed by atoms with Crippen molar-refractivity contribution < 1.29 is 37.4 Å². The summed E-state index contributed by atoms with van der Waals surface area (Å²) >= 11 is 0. The topological polar surface area (TPSA) is 148 Å². The highest BCUT2D eigenvalue weighted by atomic mass is 19.4. The van der Waals surface area contributed by atoms with Crippen molar-refractivity contribution in [1.82, 2.24) is 25.5 Å². The van der Waals surface area contributed by atoms with E-state index in [1.807, 2.05) is 24.3 Å². The number of carboxylic acids is 1. The standard InChI is InChI=1S/C34H33F3N6O5/c1-43-41-31(40-42-43)28-20-26(15-16-29(28)48-34(35,36)37)39-33(47)27(24-13-11-23(12-14-24)22-5-3-2-4-6-22)19-21-7-9-25(10-8-21)32(46)38-18-17-30(44)45/h5,7-16,20,27H,2-4,6,17-19H2,1H3,(H,38,46)(H,39,47)(H,44,45). The van der Waals surface area contributed by atoms with E-state index in [1.165, 1.54) is 24.8 Å². The lowest BCUT2D eigenvalue weighted by molar-refractivity contribution is -0.274. The van der Waals surface area contributed by atoms with E-state index in [0.717, 1.165) is 53.2 Å². The van der Waals surface area contributed by atoms with E-state index in [-0.39, 0.29) is 36.5 Å². The Morgan fingerprint density at radius 1 is 1.02 bits per heavy atom. The monoisotopic (exact) mass is 662 g/mol. The van der Waals surface area contributed by atoms with Crippen LogP contribution < -0.4 is 15.4 Å². The van der Waals surface area contributed by atoms with Crippen LogP contribution in [0.3, 0.4) is 0 Å². The number of halogens is 3. The van der Waals surface area contributed by atoms with Gasteiger partial charge in [0.2, 0.25) is 11.7 Å². The smallest absolute Gasteiger partial charge is 0.481 e. The van der Waals surface area contributed by atoms with Crippen LogP contribution in [0.2, 0.25) is 0 Å². The van der Waals surface area contributed by atoms with E-state index in [0.29, 0.717) is 5.56 Å². The van der Waals surface area contributed by atoms with E-state index < -0.39 is 35.8 Å². The van der Waals surface area contributed by atoms with Crippen molar-refractivity contribution in [3.05, 3.63) is 95.1 Å². The molecule has 48 heavy (non-hydrogen) atoms. The largest absolute Gasteiger partial charge is 0.573 e. The lowest BCUT2D eigenvalue weighted by Gasteiger charge is -2.20. The van der Waals surface area contributed by atoms with Crippen LogP contribution in [-0.2, 0) is 23.1 Å². The number of allylic oxidation sites excluding steroid dienone is 2. The number of carbonyl (C=O) groups is 3. The van der Waals surface area contributed by atoms with Crippen LogP contribution >= 0.6 is 0 Å². The Morgan fingerprint density at radius 3 is 2.40 bits per heavy atom. The first kappa shape index (κ1) is 33.8. The van der Waals surface area contributed by atoms with Crippen molar-refractivity contribution >= 4 is 29.0 Å². The van der Waals surface area contributed by atoms with Gasteiger partial charge in [-0.2, -0.15) is 4.80 Å². The molecule has 1 unspecified atom stereocenters. The highest BCUT2D eigenvalue weighted by Gasteiger charge is 2.33. The van der Waals surface area contributed by atoms with Crippen LogP contribution in [0.4, 0.5) is 18.9 Å². The molecule has 1 atom stereocenters. The number of benzene rings is 3. The van der Waals surface area contributed by atoms with Crippen molar-refractivity contribution in [2.24, 2.45) is 7.05 Å². The SMILES string of the molecule is Cn1nnc(-c2cc(NC(=O)C(Cc3ccc(C(=O)NCCC(=O)O)cc3)c3ccc(C4=CCCCC4)cc3)ccc2OC(F)(F)F)n1. The third-order valence-corrected chi connectivity index (χ3v) is 7.79. The molecule has 14 heteroatoms. The molecular weight excluding hydrogens is 629 g/mol. The van der Waals surface area contributed by atoms with Gasteiger partial charge in [-0.05, 0) is 89.9 Å². The fourth-order valence-corrected chi connectivity index (χ4v) is 5.42. The van der Waals surface area contributed by atoms with Crippen LogP contribution in [0.5, 0.6) is 5.75 Å². The van der Waals surface area contributed by atoms with Crippen molar-refractivity contribution in [3.63, 3.8) is 0 Å². The summed E-state index contributed by atoms with van der Waals surface area (Å²) in [5.41, 5.74) is 4.22. The number of rotatable bonds is 12. The maximum atomic E-state index is 13.9. The number of carboxylic acid groups (broad SMARTS) is 1. The minimum absolute atomic E-state index is 0.0109. The first-order chi connectivity index (χ1) is 22.9. The molecule has 2 amide bonds. The van der Waals surface area contributed by atoms with Gasteiger partial charge in [0.1, 0.15) is 5.75 Å². The Kier molecular flexibility index (Phi) is 10.5. The van der Waals surface area contributed by atoms with E-state index in [9.17, 15) is 27.6 Å². The Hall–Kier alpha value is -5.53. The van der Waals surface area contributed by atoms with Gasteiger partial charge in [0.05, 0.1) is 24.9 Å². The minimum atomic E-state index is -4.97. The minimum Gasteiger partial charge on any atom is -0.481 e. The number of amides is 2. The molecule has 11 nitrogen and oxygen atoms in total. The lowest BCUT2D eigenvalue weighted by Crippen LogP contribution is -2.26. The van der Waals surface area contributed by atoms with Crippen LogP contribution in [-0.4, -0.2) is 56.0 Å². The number of alkyl halides is 3.